The molecule has 4 heteroatoms. The van der Waals surface area contributed by atoms with Gasteiger partial charge < -0.3 is 9.64 Å². The van der Waals surface area contributed by atoms with Gasteiger partial charge in [0.2, 0.25) is 5.91 Å². The molecular formula is C19H21NO2S. The molecule has 0 N–H and O–H groups in total. The zero-order chi connectivity index (χ0) is 16.1. The molecule has 0 spiro atoms. The number of hydrogen-bond acceptors (Lipinski definition) is 3. The Morgan fingerprint density at radius 3 is 2.74 bits per heavy atom. The molecule has 1 aromatic carbocycles. The van der Waals surface area contributed by atoms with Crippen LogP contribution >= 0.6 is 11.3 Å². The summed E-state index contributed by atoms with van der Waals surface area (Å²) in [6, 6.07) is 11.8. The van der Waals surface area contributed by atoms with Crippen LogP contribution in [-0.4, -0.2) is 13.0 Å². The first kappa shape index (κ1) is 15.8. The smallest absolute Gasteiger partial charge is 0.227 e. The number of methoxy groups -OCH3 is 1. The van der Waals surface area contributed by atoms with E-state index in [9.17, 15) is 4.79 Å². The van der Waals surface area contributed by atoms with Crippen LogP contribution in [0.1, 0.15) is 24.1 Å². The van der Waals surface area contributed by atoms with Crippen LogP contribution in [0, 0.1) is 5.92 Å². The van der Waals surface area contributed by atoms with Gasteiger partial charge in [-0.3, -0.25) is 4.79 Å². The average Bonchev–Trinajstić information content (AvgIpc) is 3.26. The summed E-state index contributed by atoms with van der Waals surface area (Å²) in [7, 11) is 1.65. The molecule has 1 amide bonds. The Hall–Kier alpha value is -2.07. The fraction of sp³-hybridized carbons (Fsp3) is 0.316. The molecular weight excluding hydrogens is 306 g/mol. The highest BCUT2D eigenvalue weighted by atomic mass is 32.1. The molecule has 0 saturated carbocycles. The topological polar surface area (TPSA) is 29.5 Å². The van der Waals surface area contributed by atoms with Gasteiger partial charge in [-0.15, -0.1) is 11.3 Å². The van der Waals surface area contributed by atoms with Crippen molar-refractivity contribution in [1.82, 2.24) is 0 Å². The van der Waals surface area contributed by atoms with E-state index >= 15 is 0 Å². The standard InChI is InChI=1S/C19H21NO2S/c1-22-17-10-8-16(9-11-17)20(14-18-7-4-12-23-18)19(21)13-15-5-2-3-6-15/h2,4-5,7-12,15H,3,6,13-14H2,1H3. The second-order valence-electron chi connectivity index (χ2n) is 5.73. The normalized spacial score (nSPS) is 16.5. The van der Waals surface area contributed by atoms with Crippen molar-refractivity contribution < 1.29 is 9.53 Å². The summed E-state index contributed by atoms with van der Waals surface area (Å²) in [5.41, 5.74) is 0.922. The van der Waals surface area contributed by atoms with Crippen LogP contribution in [0.25, 0.3) is 0 Å². The SMILES string of the molecule is COc1ccc(N(Cc2cccs2)C(=O)CC2C=CCC2)cc1. The zero-order valence-corrected chi connectivity index (χ0v) is 14.1. The Balaban J connectivity index is 1.79. The molecule has 0 bridgehead atoms. The van der Waals surface area contributed by atoms with Crippen LogP contribution in [0.4, 0.5) is 5.69 Å². The van der Waals surface area contributed by atoms with E-state index in [-0.39, 0.29) is 5.91 Å². The molecule has 1 aromatic heterocycles. The first-order chi connectivity index (χ1) is 11.3. The number of carbonyl (C=O) groups is 1. The number of anilines is 1. The third-order valence-electron chi connectivity index (χ3n) is 4.13. The summed E-state index contributed by atoms with van der Waals surface area (Å²) in [5, 5.41) is 2.05. The quantitative estimate of drug-likeness (QED) is 0.723. The van der Waals surface area contributed by atoms with E-state index in [1.54, 1.807) is 18.4 Å². The molecule has 1 aliphatic carbocycles. The molecule has 3 nitrogen and oxygen atoms in total. The molecule has 3 rings (SSSR count). The maximum Gasteiger partial charge on any atom is 0.227 e. The van der Waals surface area contributed by atoms with Gasteiger partial charge in [0, 0.05) is 17.0 Å². The van der Waals surface area contributed by atoms with Crippen molar-refractivity contribution >= 4 is 22.9 Å². The van der Waals surface area contributed by atoms with E-state index in [2.05, 4.69) is 18.2 Å². The molecule has 1 unspecified atom stereocenters. The lowest BCUT2D eigenvalue weighted by molar-refractivity contribution is -0.119. The lowest BCUT2D eigenvalue weighted by Crippen LogP contribution is -2.31. The van der Waals surface area contributed by atoms with E-state index < -0.39 is 0 Å². The highest BCUT2D eigenvalue weighted by molar-refractivity contribution is 7.09. The van der Waals surface area contributed by atoms with Gasteiger partial charge in [0.25, 0.3) is 0 Å². The molecule has 120 valence electrons. The minimum atomic E-state index is 0.181. The minimum Gasteiger partial charge on any atom is -0.497 e. The van der Waals surface area contributed by atoms with E-state index in [1.807, 2.05) is 40.6 Å². The van der Waals surface area contributed by atoms with Crippen LogP contribution in [0.15, 0.2) is 53.9 Å². The molecule has 0 saturated heterocycles. The van der Waals surface area contributed by atoms with Crippen molar-refractivity contribution in [3.8, 4) is 5.75 Å². The Morgan fingerprint density at radius 1 is 1.30 bits per heavy atom. The first-order valence-electron chi connectivity index (χ1n) is 7.89. The maximum absolute atomic E-state index is 12.8. The molecule has 0 aliphatic heterocycles. The minimum absolute atomic E-state index is 0.181. The number of benzene rings is 1. The Labute approximate surface area is 141 Å². The molecule has 1 aliphatic rings. The highest BCUT2D eigenvalue weighted by Crippen LogP contribution is 2.27. The van der Waals surface area contributed by atoms with Crippen molar-refractivity contribution in [2.24, 2.45) is 5.92 Å². The number of ether oxygens (including phenoxy) is 1. The molecule has 1 atom stereocenters. The molecule has 2 aromatic rings. The van der Waals surface area contributed by atoms with Crippen LogP contribution in [0.2, 0.25) is 0 Å². The third kappa shape index (κ3) is 4.02. The largest absolute Gasteiger partial charge is 0.497 e. The predicted octanol–water partition coefficient (Wildman–Crippen LogP) is 4.65. The van der Waals surface area contributed by atoms with Crippen molar-refractivity contribution in [2.75, 3.05) is 12.0 Å². The maximum atomic E-state index is 12.8. The van der Waals surface area contributed by atoms with Gasteiger partial charge in [-0.2, -0.15) is 0 Å². The van der Waals surface area contributed by atoms with E-state index in [0.29, 0.717) is 18.9 Å². The number of carbonyl (C=O) groups excluding carboxylic acids is 1. The summed E-state index contributed by atoms with van der Waals surface area (Å²) in [5.74, 6) is 1.36. The Bertz CT molecular complexity index is 661. The second kappa shape index (κ2) is 7.47. The van der Waals surface area contributed by atoms with E-state index in [4.69, 9.17) is 4.74 Å². The number of thiophene rings is 1. The summed E-state index contributed by atoms with van der Waals surface area (Å²) in [6.07, 6.45) is 7.10. The fourth-order valence-corrected chi connectivity index (χ4v) is 3.54. The van der Waals surface area contributed by atoms with Gasteiger partial charge in [-0.1, -0.05) is 18.2 Å². The van der Waals surface area contributed by atoms with Crippen molar-refractivity contribution in [1.29, 1.82) is 0 Å². The van der Waals surface area contributed by atoms with Gasteiger partial charge in [0.15, 0.2) is 0 Å². The summed E-state index contributed by atoms with van der Waals surface area (Å²) in [4.78, 5) is 15.9. The monoisotopic (exact) mass is 327 g/mol. The van der Waals surface area contributed by atoms with Crippen molar-refractivity contribution in [3.63, 3.8) is 0 Å². The van der Waals surface area contributed by atoms with E-state index in [0.717, 1.165) is 24.3 Å². The number of rotatable bonds is 6. The number of amides is 1. The summed E-state index contributed by atoms with van der Waals surface area (Å²) >= 11 is 1.68. The lowest BCUT2D eigenvalue weighted by Gasteiger charge is -2.24. The van der Waals surface area contributed by atoms with E-state index in [1.165, 1.54) is 4.88 Å². The Kier molecular flexibility index (Phi) is 5.13. The summed E-state index contributed by atoms with van der Waals surface area (Å²) < 4.78 is 5.21. The first-order valence-corrected chi connectivity index (χ1v) is 8.77. The van der Waals surface area contributed by atoms with Crippen molar-refractivity contribution in [3.05, 3.63) is 58.8 Å². The van der Waals surface area contributed by atoms with Crippen LogP contribution < -0.4 is 9.64 Å². The summed E-state index contributed by atoms with van der Waals surface area (Å²) in [6.45, 7) is 0.624. The average molecular weight is 327 g/mol. The molecule has 1 heterocycles. The fourth-order valence-electron chi connectivity index (χ4n) is 2.84. The van der Waals surface area contributed by atoms with Crippen LogP contribution in [-0.2, 0) is 11.3 Å². The van der Waals surface area contributed by atoms with Crippen LogP contribution in [0.5, 0.6) is 5.75 Å². The predicted molar refractivity (Wildman–Crippen MR) is 95.0 cm³/mol. The van der Waals surface area contributed by atoms with Gasteiger partial charge in [0.05, 0.1) is 13.7 Å². The van der Waals surface area contributed by atoms with Crippen LogP contribution in [0.3, 0.4) is 0 Å². The second-order valence-corrected chi connectivity index (χ2v) is 6.76. The molecule has 0 fully saturated rings. The highest BCUT2D eigenvalue weighted by Gasteiger charge is 2.21. The van der Waals surface area contributed by atoms with Gasteiger partial charge in [-0.25, -0.2) is 0 Å². The third-order valence-corrected chi connectivity index (χ3v) is 4.99. The van der Waals surface area contributed by atoms with Gasteiger partial charge in [-0.05, 0) is 54.5 Å². The zero-order valence-electron chi connectivity index (χ0n) is 13.3. The lowest BCUT2D eigenvalue weighted by atomic mass is 10.0. The number of allylic oxidation sites excluding steroid dienone is 2. The molecule has 0 radical (unpaired) electrons. The van der Waals surface area contributed by atoms with Gasteiger partial charge >= 0.3 is 0 Å². The Morgan fingerprint density at radius 2 is 2.13 bits per heavy atom. The number of nitrogens with zero attached hydrogens (tertiary/aromatic N) is 1. The molecule has 23 heavy (non-hydrogen) atoms. The van der Waals surface area contributed by atoms with Gasteiger partial charge in [0.1, 0.15) is 5.75 Å². The number of hydrogen-bond donors (Lipinski definition) is 0. The van der Waals surface area contributed by atoms with Crippen molar-refractivity contribution in [2.45, 2.75) is 25.8 Å².